The molecule has 24 heavy (non-hydrogen) atoms. The summed E-state index contributed by atoms with van der Waals surface area (Å²) in [4.78, 5) is 18.3. The maximum Gasteiger partial charge on any atom is 0.323 e. The van der Waals surface area contributed by atoms with Crippen LogP contribution in [0.5, 0.6) is 11.5 Å². The molecular formula is C16H20N4O3S. The first-order chi connectivity index (χ1) is 11.6. The fourth-order valence-corrected chi connectivity index (χ4v) is 3.52. The molecule has 1 aromatic heterocycles. The number of benzene rings is 1. The molecule has 1 unspecified atom stereocenters. The number of anilines is 1. The average molecular weight is 348 g/mol. The van der Waals surface area contributed by atoms with Crippen LogP contribution in [0, 0.1) is 6.92 Å². The highest BCUT2D eigenvalue weighted by atomic mass is 32.1. The summed E-state index contributed by atoms with van der Waals surface area (Å²) in [7, 11) is 3.26. The first-order valence-electron chi connectivity index (χ1n) is 7.69. The van der Waals surface area contributed by atoms with Crippen LogP contribution in [0.3, 0.4) is 0 Å². The standard InChI is InChI=1S/C16H20N4O3S/c1-10-17-15(24-19-10)18-16(21)20-8-7-11(9-20)12-5-4-6-13(22-2)14(12)23-3/h4-6,11H,7-9H2,1-3H3,(H,17,18,19,21). The second kappa shape index (κ2) is 7.04. The molecular weight excluding hydrogens is 328 g/mol. The van der Waals surface area contributed by atoms with E-state index in [0.29, 0.717) is 29.8 Å². The fourth-order valence-electron chi connectivity index (χ4n) is 2.95. The van der Waals surface area contributed by atoms with Crippen LogP contribution >= 0.6 is 11.5 Å². The predicted molar refractivity (Wildman–Crippen MR) is 92.1 cm³/mol. The normalized spacial score (nSPS) is 17.0. The maximum atomic E-state index is 12.4. The van der Waals surface area contributed by atoms with E-state index in [1.165, 1.54) is 11.5 Å². The van der Waals surface area contributed by atoms with Crippen LogP contribution in [-0.4, -0.2) is 47.6 Å². The zero-order valence-electron chi connectivity index (χ0n) is 13.9. The molecule has 2 heterocycles. The zero-order chi connectivity index (χ0) is 17.1. The molecule has 0 saturated carbocycles. The Balaban J connectivity index is 1.70. The van der Waals surface area contributed by atoms with Gasteiger partial charge in [-0.15, -0.1) is 0 Å². The van der Waals surface area contributed by atoms with E-state index in [1.807, 2.05) is 18.2 Å². The van der Waals surface area contributed by atoms with E-state index in [1.54, 1.807) is 26.0 Å². The molecule has 2 aromatic rings. The molecule has 1 atom stereocenters. The topological polar surface area (TPSA) is 76.6 Å². The van der Waals surface area contributed by atoms with Gasteiger partial charge in [0.1, 0.15) is 5.82 Å². The lowest BCUT2D eigenvalue weighted by Crippen LogP contribution is -2.32. The Kier molecular flexibility index (Phi) is 4.84. The maximum absolute atomic E-state index is 12.4. The number of urea groups is 1. The molecule has 1 aliphatic heterocycles. The van der Waals surface area contributed by atoms with Crippen LogP contribution in [0.4, 0.5) is 9.93 Å². The molecule has 8 heteroatoms. The second-order valence-electron chi connectivity index (χ2n) is 5.59. The molecule has 1 saturated heterocycles. The van der Waals surface area contributed by atoms with Crippen molar-refractivity contribution in [1.82, 2.24) is 14.3 Å². The van der Waals surface area contributed by atoms with Crippen molar-refractivity contribution in [1.29, 1.82) is 0 Å². The summed E-state index contributed by atoms with van der Waals surface area (Å²) in [6, 6.07) is 5.71. The van der Waals surface area contributed by atoms with Gasteiger partial charge in [0, 0.05) is 36.1 Å². The number of para-hydroxylation sites is 1. The SMILES string of the molecule is COc1cccc(C2CCN(C(=O)Nc3nc(C)ns3)C2)c1OC. The molecule has 2 amide bonds. The van der Waals surface area contributed by atoms with Crippen LogP contribution in [0.25, 0.3) is 0 Å². The van der Waals surface area contributed by atoms with Gasteiger partial charge in [-0.3, -0.25) is 5.32 Å². The van der Waals surface area contributed by atoms with E-state index in [9.17, 15) is 4.79 Å². The number of hydrogen-bond acceptors (Lipinski definition) is 6. The van der Waals surface area contributed by atoms with Crippen LogP contribution < -0.4 is 14.8 Å². The van der Waals surface area contributed by atoms with E-state index in [-0.39, 0.29) is 11.9 Å². The van der Waals surface area contributed by atoms with E-state index >= 15 is 0 Å². The van der Waals surface area contributed by atoms with Crippen LogP contribution in [0.15, 0.2) is 18.2 Å². The minimum Gasteiger partial charge on any atom is -0.493 e. The summed E-state index contributed by atoms with van der Waals surface area (Å²) in [5, 5.41) is 3.33. The van der Waals surface area contributed by atoms with E-state index in [2.05, 4.69) is 14.7 Å². The van der Waals surface area contributed by atoms with Gasteiger partial charge >= 0.3 is 6.03 Å². The van der Waals surface area contributed by atoms with Crippen molar-refractivity contribution >= 4 is 22.7 Å². The third-order valence-corrected chi connectivity index (χ3v) is 4.81. The summed E-state index contributed by atoms with van der Waals surface area (Å²) in [5.41, 5.74) is 1.07. The van der Waals surface area contributed by atoms with Gasteiger partial charge in [-0.2, -0.15) is 4.37 Å². The minimum atomic E-state index is -0.143. The van der Waals surface area contributed by atoms with Gasteiger partial charge < -0.3 is 14.4 Å². The van der Waals surface area contributed by atoms with Crippen molar-refractivity contribution in [3.63, 3.8) is 0 Å². The monoisotopic (exact) mass is 348 g/mol. The number of amides is 2. The third-order valence-electron chi connectivity index (χ3n) is 4.09. The number of carbonyl (C=O) groups excluding carboxylic acids is 1. The zero-order valence-corrected chi connectivity index (χ0v) is 14.7. The molecule has 1 aliphatic rings. The number of hydrogen-bond donors (Lipinski definition) is 1. The number of carbonyl (C=O) groups is 1. The van der Waals surface area contributed by atoms with Gasteiger partial charge in [0.15, 0.2) is 11.5 Å². The fraction of sp³-hybridized carbons (Fsp3) is 0.438. The van der Waals surface area contributed by atoms with Crippen LogP contribution in [-0.2, 0) is 0 Å². The summed E-state index contributed by atoms with van der Waals surface area (Å²) in [6.45, 7) is 3.12. The van der Waals surface area contributed by atoms with Crippen molar-refractivity contribution in [2.45, 2.75) is 19.3 Å². The van der Waals surface area contributed by atoms with Crippen molar-refractivity contribution in [3.05, 3.63) is 29.6 Å². The molecule has 0 aliphatic carbocycles. The first kappa shape index (κ1) is 16.5. The van der Waals surface area contributed by atoms with Gasteiger partial charge in [-0.05, 0) is 19.4 Å². The van der Waals surface area contributed by atoms with Crippen LogP contribution in [0.2, 0.25) is 0 Å². The van der Waals surface area contributed by atoms with Crippen molar-refractivity contribution < 1.29 is 14.3 Å². The Hall–Kier alpha value is -2.35. The molecule has 1 fully saturated rings. The molecule has 0 radical (unpaired) electrons. The summed E-state index contributed by atoms with van der Waals surface area (Å²) >= 11 is 1.19. The predicted octanol–water partition coefficient (Wildman–Crippen LogP) is 2.89. The summed E-state index contributed by atoms with van der Waals surface area (Å²) < 4.78 is 14.9. The minimum absolute atomic E-state index is 0.143. The van der Waals surface area contributed by atoms with Crippen molar-refractivity contribution in [2.75, 3.05) is 32.6 Å². The number of methoxy groups -OCH3 is 2. The van der Waals surface area contributed by atoms with Gasteiger partial charge in [-0.1, -0.05) is 12.1 Å². The third kappa shape index (κ3) is 3.28. The molecule has 0 bridgehead atoms. The Morgan fingerprint density at radius 2 is 2.21 bits per heavy atom. The van der Waals surface area contributed by atoms with Gasteiger partial charge in [0.05, 0.1) is 14.2 Å². The Bertz CT molecular complexity index is 734. The highest BCUT2D eigenvalue weighted by molar-refractivity contribution is 7.09. The second-order valence-corrected chi connectivity index (χ2v) is 6.34. The number of nitrogens with zero attached hydrogens (tertiary/aromatic N) is 3. The van der Waals surface area contributed by atoms with Crippen LogP contribution in [0.1, 0.15) is 23.7 Å². The number of aromatic nitrogens is 2. The van der Waals surface area contributed by atoms with Crippen molar-refractivity contribution in [3.8, 4) is 11.5 Å². The van der Waals surface area contributed by atoms with Gasteiger partial charge in [0.25, 0.3) is 0 Å². The van der Waals surface area contributed by atoms with E-state index in [0.717, 1.165) is 17.7 Å². The van der Waals surface area contributed by atoms with E-state index in [4.69, 9.17) is 9.47 Å². The molecule has 1 N–H and O–H groups in total. The Labute approximate surface area is 144 Å². The first-order valence-corrected chi connectivity index (χ1v) is 8.47. The molecule has 0 spiro atoms. The lowest BCUT2D eigenvalue weighted by molar-refractivity contribution is 0.222. The number of aryl methyl sites for hydroxylation is 1. The van der Waals surface area contributed by atoms with E-state index < -0.39 is 0 Å². The number of nitrogens with one attached hydrogen (secondary N) is 1. The lowest BCUT2D eigenvalue weighted by Gasteiger charge is -2.19. The lowest BCUT2D eigenvalue weighted by atomic mass is 9.97. The quantitative estimate of drug-likeness (QED) is 0.919. The molecule has 128 valence electrons. The molecule has 3 rings (SSSR count). The number of likely N-dealkylation sites (tertiary alicyclic amines) is 1. The Morgan fingerprint density at radius 3 is 2.88 bits per heavy atom. The van der Waals surface area contributed by atoms with Gasteiger partial charge in [-0.25, -0.2) is 9.78 Å². The Morgan fingerprint density at radius 1 is 1.38 bits per heavy atom. The summed E-state index contributed by atoms with van der Waals surface area (Å²) in [6.07, 6.45) is 0.881. The van der Waals surface area contributed by atoms with Gasteiger partial charge in [0.2, 0.25) is 5.13 Å². The van der Waals surface area contributed by atoms with Crippen molar-refractivity contribution in [2.24, 2.45) is 0 Å². The summed E-state index contributed by atoms with van der Waals surface area (Å²) in [5.74, 6) is 2.34. The molecule has 7 nitrogen and oxygen atoms in total. The highest BCUT2D eigenvalue weighted by Crippen LogP contribution is 2.39. The smallest absolute Gasteiger partial charge is 0.323 e. The average Bonchev–Trinajstić information content (AvgIpc) is 3.23. The number of rotatable bonds is 4. The largest absolute Gasteiger partial charge is 0.493 e. The molecule has 1 aromatic carbocycles. The number of ether oxygens (including phenoxy) is 2. The highest BCUT2D eigenvalue weighted by Gasteiger charge is 2.30.